The molecule has 0 unspecified atom stereocenters. The Morgan fingerprint density at radius 2 is 0.528 bits per heavy atom. The zero-order valence-corrected chi connectivity index (χ0v) is 24.4. The smallest absolute Gasteiger partial charge is 0.247 e. The standard InChI is InChI=1S/C32H62O4/c1-3-5-7-9-11-13-15-17-19-21-23-25-27-29-31(33)35-36-32(34)30-28-26-24-22-20-18-16-14-12-10-8-6-4-2/h3-30H2,1-2H3. The topological polar surface area (TPSA) is 52.6 Å². The van der Waals surface area contributed by atoms with Crippen molar-refractivity contribution in [2.75, 3.05) is 0 Å². The normalized spacial score (nSPS) is 11.1. The molecule has 214 valence electrons. The quantitative estimate of drug-likeness (QED) is 0.0596. The van der Waals surface area contributed by atoms with Crippen molar-refractivity contribution in [1.29, 1.82) is 0 Å². The highest BCUT2D eigenvalue weighted by Crippen LogP contribution is 2.14. The van der Waals surface area contributed by atoms with Gasteiger partial charge in [-0.25, -0.2) is 19.4 Å². The van der Waals surface area contributed by atoms with E-state index < -0.39 is 11.9 Å². The number of unbranched alkanes of at least 4 members (excludes halogenated alkanes) is 24. The van der Waals surface area contributed by atoms with E-state index in [1.165, 1.54) is 141 Å². The first kappa shape index (κ1) is 34.9. The van der Waals surface area contributed by atoms with Crippen LogP contribution in [0.5, 0.6) is 0 Å². The van der Waals surface area contributed by atoms with E-state index in [0.29, 0.717) is 12.8 Å². The zero-order chi connectivity index (χ0) is 26.4. The fourth-order valence-corrected chi connectivity index (χ4v) is 4.75. The molecule has 4 heteroatoms. The van der Waals surface area contributed by atoms with Gasteiger partial charge < -0.3 is 0 Å². The second-order valence-electron chi connectivity index (χ2n) is 10.9. The van der Waals surface area contributed by atoms with Crippen molar-refractivity contribution in [2.45, 2.75) is 194 Å². The molecule has 0 rings (SSSR count). The summed E-state index contributed by atoms with van der Waals surface area (Å²) < 4.78 is 0. The third-order valence-corrected chi connectivity index (χ3v) is 7.20. The maximum atomic E-state index is 11.7. The van der Waals surface area contributed by atoms with Gasteiger partial charge >= 0.3 is 11.9 Å². The van der Waals surface area contributed by atoms with Crippen LogP contribution < -0.4 is 0 Å². The molecular weight excluding hydrogens is 448 g/mol. The van der Waals surface area contributed by atoms with Gasteiger partial charge in [-0.1, -0.05) is 168 Å². The molecule has 36 heavy (non-hydrogen) atoms. The third-order valence-electron chi connectivity index (χ3n) is 7.20. The summed E-state index contributed by atoms with van der Waals surface area (Å²) >= 11 is 0. The van der Waals surface area contributed by atoms with Crippen LogP contribution >= 0.6 is 0 Å². The van der Waals surface area contributed by atoms with Crippen LogP contribution in [-0.4, -0.2) is 11.9 Å². The van der Waals surface area contributed by atoms with Crippen molar-refractivity contribution in [1.82, 2.24) is 0 Å². The average Bonchev–Trinajstić information content (AvgIpc) is 2.88. The minimum atomic E-state index is -0.420. The monoisotopic (exact) mass is 510 g/mol. The van der Waals surface area contributed by atoms with Gasteiger partial charge in [0.2, 0.25) is 0 Å². The molecule has 0 aliphatic carbocycles. The van der Waals surface area contributed by atoms with Crippen molar-refractivity contribution in [2.24, 2.45) is 0 Å². The highest BCUT2D eigenvalue weighted by molar-refractivity contribution is 5.72. The van der Waals surface area contributed by atoms with Crippen molar-refractivity contribution >= 4 is 11.9 Å². The Kier molecular flexibility index (Phi) is 29.3. The van der Waals surface area contributed by atoms with Crippen LogP contribution in [0.25, 0.3) is 0 Å². The maximum Gasteiger partial charge on any atom is 0.355 e. The molecule has 0 atom stereocenters. The molecule has 0 aliphatic heterocycles. The second kappa shape index (κ2) is 30.2. The summed E-state index contributed by atoms with van der Waals surface area (Å²) in [6.07, 6.45) is 33.8. The molecule has 0 heterocycles. The number of hydrogen-bond donors (Lipinski definition) is 0. The summed E-state index contributed by atoms with van der Waals surface area (Å²) in [7, 11) is 0. The highest BCUT2D eigenvalue weighted by atomic mass is 17.2. The molecule has 0 fully saturated rings. The molecule has 0 aromatic carbocycles. The molecular formula is C32H62O4. The molecule has 0 saturated heterocycles. The van der Waals surface area contributed by atoms with Gasteiger partial charge in [-0.3, -0.25) is 0 Å². The molecule has 0 saturated carbocycles. The number of rotatable bonds is 28. The van der Waals surface area contributed by atoms with E-state index in [1.54, 1.807) is 0 Å². The Bertz CT molecular complexity index is 421. The summed E-state index contributed by atoms with van der Waals surface area (Å²) in [5.41, 5.74) is 0. The Morgan fingerprint density at radius 1 is 0.333 bits per heavy atom. The first-order valence-electron chi connectivity index (χ1n) is 16.1. The molecule has 4 nitrogen and oxygen atoms in total. The van der Waals surface area contributed by atoms with E-state index in [9.17, 15) is 9.59 Å². The number of hydrogen-bond acceptors (Lipinski definition) is 4. The van der Waals surface area contributed by atoms with E-state index in [2.05, 4.69) is 23.6 Å². The average molecular weight is 511 g/mol. The van der Waals surface area contributed by atoms with Crippen molar-refractivity contribution in [3.8, 4) is 0 Å². The van der Waals surface area contributed by atoms with E-state index in [0.717, 1.165) is 25.7 Å². The lowest BCUT2D eigenvalue weighted by Gasteiger charge is -2.05. The fraction of sp³-hybridized carbons (Fsp3) is 0.938. The van der Waals surface area contributed by atoms with Crippen LogP contribution in [0.4, 0.5) is 0 Å². The lowest BCUT2D eigenvalue weighted by Crippen LogP contribution is -2.11. The van der Waals surface area contributed by atoms with Gasteiger partial charge in [-0.15, -0.1) is 0 Å². The molecule has 0 amide bonds. The van der Waals surface area contributed by atoms with Gasteiger partial charge in [0.1, 0.15) is 0 Å². The second-order valence-corrected chi connectivity index (χ2v) is 10.9. The Morgan fingerprint density at radius 3 is 0.750 bits per heavy atom. The predicted molar refractivity (Wildman–Crippen MR) is 153 cm³/mol. The van der Waals surface area contributed by atoms with Crippen LogP contribution in [0.1, 0.15) is 194 Å². The van der Waals surface area contributed by atoms with Crippen molar-refractivity contribution in [3.05, 3.63) is 0 Å². The lowest BCUT2D eigenvalue weighted by molar-refractivity contribution is -0.259. The summed E-state index contributed by atoms with van der Waals surface area (Å²) in [6.45, 7) is 4.53. The van der Waals surface area contributed by atoms with E-state index in [-0.39, 0.29) is 0 Å². The van der Waals surface area contributed by atoms with E-state index >= 15 is 0 Å². The van der Waals surface area contributed by atoms with Gasteiger partial charge in [-0.05, 0) is 12.8 Å². The molecule has 0 spiro atoms. The van der Waals surface area contributed by atoms with Crippen LogP contribution in [0.3, 0.4) is 0 Å². The van der Waals surface area contributed by atoms with Gasteiger partial charge in [0.05, 0.1) is 12.8 Å². The Balaban J connectivity index is 3.28. The predicted octanol–water partition coefficient (Wildman–Crippen LogP) is 11.0. The zero-order valence-electron chi connectivity index (χ0n) is 24.4. The highest BCUT2D eigenvalue weighted by Gasteiger charge is 2.09. The Hall–Kier alpha value is -1.06. The van der Waals surface area contributed by atoms with Crippen molar-refractivity contribution < 1.29 is 19.4 Å². The molecule has 0 aromatic heterocycles. The minimum absolute atomic E-state index is 0.337. The van der Waals surface area contributed by atoms with Crippen LogP contribution in [0.2, 0.25) is 0 Å². The summed E-state index contributed by atoms with van der Waals surface area (Å²) in [6, 6.07) is 0. The Labute approximate surface area is 225 Å². The first-order chi connectivity index (χ1) is 17.7. The fourth-order valence-electron chi connectivity index (χ4n) is 4.75. The van der Waals surface area contributed by atoms with Crippen LogP contribution in [-0.2, 0) is 19.4 Å². The minimum Gasteiger partial charge on any atom is -0.247 e. The number of carbonyl (C=O) groups excluding carboxylic acids is 2. The largest absolute Gasteiger partial charge is 0.355 e. The van der Waals surface area contributed by atoms with E-state index in [1.807, 2.05) is 0 Å². The van der Waals surface area contributed by atoms with Crippen molar-refractivity contribution in [3.63, 3.8) is 0 Å². The summed E-state index contributed by atoms with van der Waals surface area (Å²) in [5.74, 6) is -0.839. The first-order valence-corrected chi connectivity index (χ1v) is 16.1. The van der Waals surface area contributed by atoms with E-state index in [4.69, 9.17) is 0 Å². The third kappa shape index (κ3) is 29.2. The van der Waals surface area contributed by atoms with Crippen LogP contribution in [0.15, 0.2) is 0 Å². The summed E-state index contributed by atoms with van der Waals surface area (Å²) in [5, 5.41) is 0. The van der Waals surface area contributed by atoms with Gasteiger partial charge in [0.25, 0.3) is 0 Å². The molecule has 0 aromatic rings. The van der Waals surface area contributed by atoms with Crippen LogP contribution in [0, 0.1) is 0 Å². The molecule has 0 N–H and O–H groups in total. The SMILES string of the molecule is CCCCCCCCCCCCCCCC(=O)OOC(=O)CCCCCCCCCCCCCCC. The summed E-state index contributed by atoms with van der Waals surface area (Å²) in [4.78, 5) is 32.8. The molecule has 0 radical (unpaired) electrons. The molecule has 0 bridgehead atoms. The molecule has 0 aliphatic rings. The van der Waals surface area contributed by atoms with Gasteiger partial charge in [-0.2, -0.15) is 0 Å². The maximum absolute atomic E-state index is 11.7. The number of carbonyl (C=O) groups is 2. The van der Waals surface area contributed by atoms with Gasteiger partial charge in [0, 0.05) is 0 Å². The van der Waals surface area contributed by atoms with Gasteiger partial charge in [0.15, 0.2) is 0 Å². The lowest BCUT2D eigenvalue weighted by atomic mass is 10.0.